The summed E-state index contributed by atoms with van der Waals surface area (Å²) in [5.74, 6) is 1.40. The van der Waals surface area contributed by atoms with E-state index < -0.39 is 0 Å². The molecule has 0 spiro atoms. The lowest BCUT2D eigenvalue weighted by atomic mass is 9.98. The van der Waals surface area contributed by atoms with Crippen LogP contribution in [-0.4, -0.2) is 59.0 Å². The third-order valence-electron chi connectivity index (χ3n) is 6.51. The number of hydrogen-bond acceptors (Lipinski definition) is 6. The number of carbonyl (C=O) groups is 1. The van der Waals surface area contributed by atoms with E-state index in [1.54, 1.807) is 17.5 Å². The molecule has 0 unspecified atom stereocenters. The zero-order valence-electron chi connectivity index (χ0n) is 18.6. The molecule has 33 heavy (non-hydrogen) atoms. The minimum Gasteiger partial charge on any atom is -0.467 e. The Morgan fingerprint density at radius 3 is 2.36 bits per heavy atom. The highest BCUT2D eigenvalue weighted by Crippen LogP contribution is 2.29. The van der Waals surface area contributed by atoms with Gasteiger partial charge in [-0.3, -0.25) is 9.69 Å². The highest BCUT2D eigenvalue weighted by atomic mass is 32.1. The Kier molecular flexibility index (Phi) is 6.88. The number of hydrogen-bond donors (Lipinski definition) is 0. The number of likely N-dealkylation sites (tertiary alicyclic amines) is 2. The smallest absolute Gasteiger partial charge is 0.273 e. The lowest BCUT2D eigenvalue weighted by Crippen LogP contribution is -2.50. The van der Waals surface area contributed by atoms with Crippen molar-refractivity contribution in [1.82, 2.24) is 14.8 Å². The van der Waals surface area contributed by atoms with E-state index in [9.17, 15) is 4.79 Å². The third kappa shape index (κ3) is 5.37. The van der Waals surface area contributed by atoms with Gasteiger partial charge in [0.15, 0.2) is 0 Å². The normalized spacial score (nSPS) is 18.2. The van der Waals surface area contributed by atoms with Gasteiger partial charge >= 0.3 is 0 Å². The monoisotopic (exact) mass is 463 g/mol. The molecule has 2 fully saturated rings. The van der Waals surface area contributed by atoms with Crippen molar-refractivity contribution < 1.29 is 14.3 Å². The van der Waals surface area contributed by atoms with Gasteiger partial charge in [-0.25, -0.2) is 4.98 Å². The molecule has 0 aliphatic carbocycles. The standard InChI is InChI=1S/C26H29N3O3S/c30-25(23-8-4-5-9-24(23)31-21-6-2-1-3-7-21)29-15-10-20(11-16-29)28-17-12-22(13-18-28)32-26-27-14-19-33-26/h1-9,14,19-20,22H,10-13,15-18H2. The first kappa shape index (κ1) is 21.9. The second-order valence-corrected chi connectivity index (χ2v) is 9.44. The number of rotatable bonds is 6. The molecule has 0 saturated carbocycles. The summed E-state index contributed by atoms with van der Waals surface area (Å²) in [5.41, 5.74) is 0.625. The molecular weight excluding hydrogens is 434 g/mol. The summed E-state index contributed by atoms with van der Waals surface area (Å²) in [4.78, 5) is 22.1. The number of piperidine rings is 2. The van der Waals surface area contributed by atoms with E-state index >= 15 is 0 Å². The molecule has 2 aliphatic heterocycles. The molecule has 172 valence electrons. The molecule has 0 radical (unpaired) electrons. The molecule has 0 atom stereocenters. The summed E-state index contributed by atoms with van der Waals surface area (Å²) >= 11 is 1.55. The van der Waals surface area contributed by atoms with Crippen molar-refractivity contribution in [3.05, 3.63) is 71.7 Å². The number of benzene rings is 2. The van der Waals surface area contributed by atoms with Gasteiger partial charge in [0.2, 0.25) is 0 Å². The molecule has 3 aromatic rings. The molecule has 1 aromatic heterocycles. The van der Waals surface area contributed by atoms with Crippen LogP contribution in [0.2, 0.25) is 0 Å². The van der Waals surface area contributed by atoms with Crippen LogP contribution in [0, 0.1) is 0 Å². The lowest BCUT2D eigenvalue weighted by molar-refractivity contribution is 0.0424. The Labute approximate surface area is 198 Å². The number of para-hydroxylation sites is 2. The van der Waals surface area contributed by atoms with Crippen LogP contribution in [0.3, 0.4) is 0 Å². The Morgan fingerprint density at radius 2 is 1.64 bits per heavy atom. The maximum Gasteiger partial charge on any atom is 0.273 e. The van der Waals surface area contributed by atoms with E-state index in [0.29, 0.717) is 17.4 Å². The predicted molar refractivity (Wildman–Crippen MR) is 129 cm³/mol. The number of carbonyl (C=O) groups excluding carboxylic acids is 1. The largest absolute Gasteiger partial charge is 0.467 e. The number of ether oxygens (including phenoxy) is 2. The predicted octanol–water partition coefficient (Wildman–Crippen LogP) is 5.08. The lowest BCUT2D eigenvalue weighted by Gasteiger charge is -2.41. The minimum atomic E-state index is 0.0514. The average Bonchev–Trinajstić information content (AvgIpc) is 3.38. The maximum atomic E-state index is 13.3. The van der Waals surface area contributed by atoms with Crippen LogP contribution in [-0.2, 0) is 0 Å². The van der Waals surface area contributed by atoms with Gasteiger partial charge < -0.3 is 14.4 Å². The van der Waals surface area contributed by atoms with Crippen LogP contribution < -0.4 is 9.47 Å². The van der Waals surface area contributed by atoms with E-state index in [2.05, 4.69) is 9.88 Å². The number of nitrogens with zero attached hydrogens (tertiary/aromatic N) is 3. The first-order valence-electron chi connectivity index (χ1n) is 11.7. The molecule has 3 heterocycles. The van der Waals surface area contributed by atoms with Gasteiger partial charge in [0.05, 0.1) is 5.56 Å². The van der Waals surface area contributed by atoms with Crippen molar-refractivity contribution >= 4 is 17.2 Å². The fraction of sp³-hybridized carbons (Fsp3) is 0.385. The summed E-state index contributed by atoms with van der Waals surface area (Å²) in [7, 11) is 0. The summed E-state index contributed by atoms with van der Waals surface area (Å²) < 4.78 is 12.0. The Morgan fingerprint density at radius 1 is 0.909 bits per heavy atom. The van der Waals surface area contributed by atoms with Gasteiger partial charge in [-0.1, -0.05) is 41.7 Å². The highest BCUT2D eigenvalue weighted by molar-refractivity contribution is 7.11. The quantitative estimate of drug-likeness (QED) is 0.510. The number of amides is 1. The molecule has 1 amide bonds. The fourth-order valence-corrected chi connectivity index (χ4v) is 5.27. The van der Waals surface area contributed by atoms with Crippen LogP contribution in [0.4, 0.5) is 0 Å². The third-order valence-corrected chi connectivity index (χ3v) is 7.17. The van der Waals surface area contributed by atoms with Gasteiger partial charge in [-0.05, 0) is 49.9 Å². The zero-order valence-corrected chi connectivity index (χ0v) is 19.5. The maximum absolute atomic E-state index is 13.3. The van der Waals surface area contributed by atoms with Gasteiger partial charge in [-0.15, -0.1) is 0 Å². The average molecular weight is 464 g/mol. The van der Waals surface area contributed by atoms with Crippen LogP contribution in [0.1, 0.15) is 36.0 Å². The topological polar surface area (TPSA) is 54.9 Å². The van der Waals surface area contributed by atoms with Gasteiger partial charge in [0.25, 0.3) is 11.1 Å². The van der Waals surface area contributed by atoms with Crippen LogP contribution in [0.25, 0.3) is 0 Å². The second kappa shape index (κ2) is 10.4. The summed E-state index contributed by atoms with van der Waals surface area (Å²) in [6, 6.07) is 17.7. The van der Waals surface area contributed by atoms with Crippen molar-refractivity contribution in [2.24, 2.45) is 0 Å². The van der Waals surface area contributed by atoms with Crippen molar-refractivity contribution in [3.8, 4) is 16.7 Å². The molecule has 6 nitrogen and oxygen atoms in total. The van der Waals surface area contributed by atoms with E-state index in [4.69, 9.17) is 9.47 Å². The highest BCUT2D eigenvalue weighted by Gasteiger charge is 2.31. The van der Waals surface area contributed by atoms with Crippen LogP contribution in [0.5, 0.6) is 16.7 Å². The Bertz CT molecular complexity index is 1030. The summed E-state index contributed by atoms with van der Waals surface area (Å²) in [6.07, 6.45) is 6.12. The number of aromatic nitrogens is 1. The molecule has 2 aromatic carbocycles. The van der Waals surface area contributed by atoms with Crippen molar-refractivity contribution in [2.45, 2.75) is 37.8 Å². The first-order valence-corrected chi connectivity index (χ1v) is 12.6. The van der Waals surface area contributed by atoms with E-state index in [1.165, 1.54) is 0 Å². The van der Waals surface area contributed by atoms with Crippen molar-refractivity contribution in [1.29, 1.82) is 0 Å². The van der Waals surface area contributed by atoms with E-state index in [-0.39, 0.29) is 12.0 Å². The van der Waals surface area contributed by atoms with Crippen molar-refractivity contribution in [2.75, 3.05) is 26.2 Å². The van der Waals surface area contributed by atoms with Gasteiger partial charge in [-0.2, -0.15) is 0 Å². The Hall–Kier alpha value is -2.90. The van der Waals surface area contributed by atoms with Gasteiger partial charge in [0.1, 0.15) is 17.6 Å². The van der Waals surface area contributed by atoms with E-state index in [1.807, 2.05) is 64.9 Å². The van der Waals surface area contributed by atoms with E-state index in [0.717, 1.165) is 62.8 Å². The second-order valence-electron chi connectivity index (χ2n) is 8.59. The number of thiazole rings is 1. The first-order chi connectivity index (χ1) is 16.3. The van der Waals surface area contributed by atoms with Crippen LogP contribution in [0.15, 0.2) is 66.2 Å². The Balaban J connectivity index is 1.14. The SMILES string of the molecule is O=C(c1ccccc1Oc1ccccc1)N1CCC(N2CCC(Oc3nccs3)CC2)CC1. The van der Waals surface area contributed by atoms with Crippen molar-refractivity contribution in [3.63, 3.8) is 0 Å². The summed E-state index contributed by atoms with van der Waals surface area (Å²) in [5, 5.41) is 2.72. The molecule has 2 saturated heterocycles. The van der Waals surface area contributed by atoms with Gasteiger partial charge in [0, 0.05) is 43.8 Å². The molecule has 7 heteroatoms. The van der Waals surface area contributed by atoms with Crippen LogP contribution >= 0.6 is 11.3 Å². The molecule has 5 rings (SSSR count). The minimum absolute atomic E-state index is 0.0514. The fourth-order valence-electron chi connectivity index (χ4n) is 4.72. The molecule has 2 aliphatic rings. The molecule has 0 N–H and O–H groups in total. The molecule has 0 bridgehead atoms. The zero-order chi connectivity index (χ0) is 22.5. The molecular formula is C26H29N3O3S. The summed E-state index contributed by atoms with van der Waals surface area (Å²) in [6.45, 7) is 3.64.